The summed E-state index contributed by atoms with van der Waals surface area (Å²) in [5, 5.41) is 15.3. The minimum atomic E-state index is -0.422. The molecule has 0 aliphatic heterocycles. The molecule has 0 saturated carbocycles. The molecule has 1 atom stereocenters. The molecule has 0 spiro atoms. The first-order valence-corrected chi connectivity index (χ1v) is 6.17. The Hall–Kier alpha value is -1.55. The standard InChI is InChI=1S/C14H22N2O2/c1-14(2,3)12(17)9-10-15-13(18)16-11-7-5-4-6-8-11/h4-8,12,17H,9-10H2,1-3H3,(H2,15,16,18)/t12-/m1/s1. The van der Waals surface area contributed by atoms with Gasteiger partial charge in [-0.15, -0.1) is 0 Å². The van der Waals surface area contributed by atoms with E-state index in [1.807, 2.05) is 51.1 Å². The van der Waals surface area contributed by atoms with Gasteiger partial charge in [-0.25, -0.2) is 4.79 Å². The second-order valence-electron chi connectivity index (χ2n) is 5.42. The number of hydrogen-bond donors (Lipinski definition) is 3. The fourth-order valence-electron chi connectivity index (χ4n) is 1.45. The number of aliphatic hydroxyl groups is 1. The van der Waals surface area contributed by atoms with E-state index in [9.17, 15) is 9.90 Å². The lowest BCUT2D eigenvalue weighted by Crippen LogP contribution is -2.34. The highest BCUT2D eigenvalue weighted by molar-refractivity contribution is 5.89. The van der Waals surface area contributed by atoms with E-state index in [2.05, 4.69) is 10.6 Å². The van der Waals surface area contributed by atoms with Crippen molar-refractivity contribution >= 4 is 11.7 Å². The second-order valence-corrected chi connectivity index (χ2v) is 5.42. The fraction of sp³-hybridized carbons (Fsp3) is 0.500. The summed E-state index contributed by atoms with van der Waals surface area (Å²) in [4.78, 5) is 11.5. The molecule has 4 nitrogen and oxygen atoms in total. The number of nitrogens with one attached hydrogen (secondary N) is 2. The molecule has 1 rings (SSSR count). The number of rotatable bonds is 4. The molecule has 0 heterocycles. The Labute approximate surface area is 108 Å². The van der Waals surface area contributed by atoms with E-state index in [-0.39, 0.29) is 11.4 Å². The van der Waals surface area contributed by atoms with E-state index >= 15 is 0 Å². The van der Waals surface area contributed by atoms with Crippen LogP contribution in [-0.4, -0.2) is 23.8 Å². The normalized spacial score (nSPS) is 12.9. The molecule has 18 heavy (non-hydrogen) atoms. The maximum Gasteiger partial charge on any atom is 0.319 e. The third-order valence-corrected chi connectivity index (χ3v) is 2.73. The lowest BCUT2D eigenvalue weighted by molar-refractivity contribution is 0.0565. The van der Waals surface area contributed by atoms with E-state index < -0.39 is 6.10 Å². The van der Waals surface area contributed by atoms with Crippen LogP contribution < -0.4 is 10.6 Å². The van der Waals surface area contributed by atoms with Crippen LogP contribution in [0.15, 0.2) is 30.3 Å². The lowest BCUT2D eigenvalue weighted by Gasteiger charge is -2.25. The summed E-state index contributed by atoms with van der Waals surface area (Å²) < 4.78 is 0. The highest BCUT2D eigenvalue weighted by Gasteiger charge is 2.21. The Balaban J connectivity index is 2.26. The van der Waals surface area contributed by atoms with Crippen LogP contribution >= 0.6 is 0 Å². The molecule has 0 aliphatic carbocycles. The van der Waals surface area contributed by atoms with Crippen molar-refractivity contribution in [1.29, 1.82) is 0 Å². The average molecular weight is 250 g/mol. The largest absolute Gasteiger partial charge is 0.393 e. The number of para-hydroxylation sites is 1. The zero-order chi connectivity index (χ0) is 13.6. The van der Waals surface area contributed by atoms with Gasteiger partial charge in [-0.2, -0.15) is 0 Å². The van der Waals surface area contributed by atoms with Gasteiger partial charge in [-0.3, -0.25) is 0 Å². The van der Waals surface area contributed by atoms with Crippen LogP contribution in [0.3, 0.4) is 0 Å². The number of benzene rings is 1. The predicted octanol–water partition coefficient (Wildman–Crippen LogP) is 2.61. The van der Waals surface area contributed by atoms with Crippen molar-refractivity contribution in [2.24, 2.45) is 5.41 Å². The van der Waals surface area contributed by atoms with E-state index in [0.29, 0.717) is 13.0 Å². The average Bonchev–Trinajstić information content (AvgIpc) is 2.28. The smallest absolute Gasteiger partial charge is 0.319 e. The summed E-state index contributed by atoms with van der Waals surface area (Å²) in [5.74, 6) is 0. The van der Waals surface area contributed by atoms with E-state index in [1.165, 1.54) is 0 Å². The number of carbonyl (C=O) groups excluding carboxylic acids is 1. The number of aliphatic hydroxyl groups excluding tert-OH is 1. The van der Waals surface area contributed by atoms with Gasteiger partial charge < -0.3 is 15.7 Å². The van der Waals surface area contributed by atoms with Crippen molar-refractivity contribution < 1.29 is 9.90 Å². The maximum absolute atomic E-state index is 11.5. The van der Waals surface area contributed by atoms with Gasteiger partial charge in [0, 0.05) is 12.2 Å². The highest BCUT2D eigenvalue weighted by Crippen LogP contribution is 2.20. The molecule has 1 aromatic rings. The third-order valence-electron chi connectivity index (χ3n) is 2.73. The number of hydrogen-bond acceptors (Lipinski definition) is 2. The minimum absolute atomic E-state index is 0.155. The van der Waals surface area contributed by atoms with Gasteiger partial charge in [0.05, 0.1) is 6.10 Å². The first-order chi connectivity index (χ1) is 8.39. The molecule has 4 heteroatoms. The molecule has 0 saturated heterocycles. The summed E-state index contributed by atoms with van der Waals surface area (Å²) in [6, 6.07) is 9.01. The van der Waals surface area contributed by atoms with Gasteiger partial charge in [0.15, 0.2) is 0 Å². The van der Waals surface area contributed by atoms with Gasteiger partial charge in [0.2, 0.25) is 0 Å². The van der Waals surface area contributed by atoms with Crippen LogP contribution in [-0.2, 0) is 0 Å². The number of amides is 2. The van der Waals surface area contributed by atoms with Crippen molar-refractivity contribution in [3.05, 3.63) is 30.3 Å². The maximum atomic E-state index is 11.5. The quantitative estimate of drug-likeness (QED) is 0.769. The Kier molecular flexibility index (Phi) is 5.16. The van der Waals surface area contributed by atoms with Crippen LogP contribution in [0.5, 0.6) is 0 Å². The predicted molar refractivity (Wildman–Crippen MR) is 73.5 cm³/mol. The van der Waals surface area contributed by atoms with Crippen LogP contribution in [0, 0.1) is 5.41 Å². The Bertz CT molecular complexity index is 371. The van der Waals surface area contributed by atoms with E-state index in [4.69, 9.17) is 0 Å². The van der Waals surface area contributed by atoms with E-state index in [0.717, 1.165) is 5.69 Å². The lowest BCUT2D eigenvalue weighted by atomic mass is 9.87. The second kappa shape index (κ2) is 6.40. The van der Waals surface area contributed by atoms with Crippen molar-refractivity contribution in [3.8, 4) is 0 Å². The van der Waals surface area contributed by atoms with Gasteiger partial charge in [0.25, 0.3) is 0 Å². The molecule has 100 valence electrons. The molecule has 3 N–H and O–H groups in total. The summed E-state index contributed by atoms with van der Waals surface area (Å²) in [6.07, 6.45) is 0.126. The molecule has 1 aromatic carbocycles. The highest BCUT2D eigenvalue weighted by atomic mass is 16.3. The van der Waals surface area contributed by atoms with Gasteiger partial charge >= 0.3 is 6.03 Å². The topological polar surface area (TPSA) is 61.4 Å². The molecule has 0 aliphatic rings. The molecule has 0 aromatic heterocycles. The molecule has 0 radical (unpaired) electrons. The zero-order valence-corrected chi connectivity index (χ0v) is 11.2. The fourth-order valence-corrected chi connectivity index (χ4v) is 1.45. The number of urea groups is 1. The zero-order valence-electron chi connectivity index (χ0n) is 11.2. The van der Waals surface area contributed by atoms with Crippen LogP contribution in [0.4, 0.5) is 10.5 Å². The molecular formula is C14H22N2O2. The van der Waals surface area contributed by atoms with Gasteiger partial charge in [0.1, 0.15) is 0 Å². The first-order valence-electron chi connectivity index (χ1n) is 6.17. The molecule has 0 unspecified atom stereocenters. The molecule has 0 fully saturated rings. The summed E-state index contributed by atoms with van der Waals surface area (Å²) in [7, 11) is 0. The monoisotopic (exact) mass is 250 g/mol. The van der Waals surface area contributed by atoms with Gasteiger partial charge in [-0.1, -0.05) is 39.0 Å². The summed E-state index contributed by atoms with van der Waals surface area (Å²) in [6.45, 7) is 6.38. The van der Waals surface area contributed by atoms with Crippen LogP contribution in [0.25, 0.3) is 0 Å². The third kappa shape index (κ3) is 5.19. The number of carbonyl (C=O) groups is 1. The van der Waals surface area contributed by atoms with Crippen molar-refractivity contribution in [2.75, 3.05) is 11.9 Å². The summed E-state index contributed by atoms with van der Waals surface area (Å²) >= 11 is 0. The Morgan fingerprint density at radius 2 is 1.89 bits per heavy atom. The van der Waals surface area contributed by atoms with E-state index in [1.54, 1.807) is 0 Å². The molecule has 0 bridgehead atoms. The Morgan fingerprint density at radius 3 is 2.44 bits per heavy atom. The first kappa shape index (κ1) is 14.5. The number of anilines is 1. The molecule has 2 amide bonds. The SMILES string of the molecule is CC(C)(C)[C@H](O)CCNC(=O)Nc1ccccc1. The van der Waals surface area contributed by atoms with Crippen molar-refractivity contribution in [1.82, 2.24) is 5.32 Å². The minimum Gasteiger partial charge on any atom is -0.393 e. The van der Waals surface area contributed by atoms with Gasteiger partial charge in [-0.05, 0) is 24.0 Å². The Morgan fingerprint density at radius 1 is 1.28 bits per heavy atom. The molecular weight excluding hydrogens is 228 g/mol. The van der Waals surface area contributed by atoms with Crippen molar-refractivity contribution in [3.63, 3.8) is 0 Å². The van der Waals surface area contributed by atoms with Crippen LogP contribution in [0.2, 0.25) is 0 Å². The van der Waals surface area contributed by atoms with Crippen molar-refractivity contribution in [2.45, 2.75) is 33.3 Å². The van der Waals surface area contributed by atoms with Crippen LogP contribution in [0.1, 0.15) is 27.2 Å². The summed E-state index contributed by atoms with van der Waals surface area (Å²) in [5.41, 5.74) is 0.601.